The molecule has 0 unspecified atom stereocenters. The summed E-state index contributed by atoms with van der Waals surface area (Å²) >= 11 is 5.59. The van der Waals surface area contributed by atoms with Crippen molar-refractivity contribution in [2.75, 3.05) is 6.54 Å². The van der Waals surface area contributed by atoms with Crippen LogP contribution >= 0.6 is 12.2 Å². The molecular formula is C17H22N4S. The first-order chi connectivity index (χ1) is 10.6. The van der Waals surface area contributed by atoms with E-state index in [1.54, 1.807) is 0 Å². The van der Waals surface area contributed by atoms with Gasteiger partial charge in [0.2, 0.25) is 0 Å². The molecule has 0 radical (unpaired) electrons. The van der Waals surface area contributed by atoms with Gasteiger partial charge in [-0.05, 0) is 49.3 Å². The number of aromatic amines is 1. The Morgan fingerprint density at radius 2 is 2.09 bits per heavy atom. The Bertz CT molecular complexity index is 650. The van der Waals surface area contributed by atoms with Gasteiger partial charge < -0.3 is 15.2 Å². The Morgan fingerprint density at radius 3 is 2.68 bits per heavy atom. The lowest BCUT2D eigenvalue weighted by Crippen LogP contribution is -2.33. The van der Waals surface area contributed by atoms with Crippen molar-refractivity contribution in [1.29, 1.82) is 0 Å². The van der Waals surface area contributed by atoms with Crippen LogP contribution in [0.4, 0.5) is 0 Å². The van der Waals surface area contributed by atoms with Crippen LogP contribution in [0.2, 0.25) is 0 Å². The number of rotatable bonds is 4. The van der Waals surface area contributed by atoms with Crippen LogP contribution in [0.1, 0.15) is 43.0 Å². The highest BCUT2D eigenvalue weighted by Gasteiger charge is 2.40. The zero-order chi connectivity index (χ0) is 15.7. The van der Waals surface area contributed by atoms with E-state index in [-0.39, 0.29) is 12.1 Å². The van der Waals surface area contributed by atoms with E-state index in [4.69, 9.17) is 12.2 Å². The number of aryl methyl sites for hydroxylation is 1. The summed E-state index contributed by atoms with van der Waals surface area (Å²) in [5.74, 6) is 0.542. The standard InChI is InChI=1S/C17H22N4S/c1-11(2)10-21-16(14-8-7-12(3)19-14)15(20-17(21)22)13-6-4-5-9-18-13/h4-9,11,15-16,19H,10H2,1-3H3,(H,20,22)/t15-,16-/m1/s1. The minimum atomic E-state index is 0.0745. The maximum Gasteiger partial charge on any atom is 0.170 e. The van der Waals surface area contributed by atoms with Crippen LogP contribution in [0.25, 0.3) is 0 Å². The van der Waals surface area contributed by atoms with Gasteiger partial charge in [0, 0.05) is 24.1 Å². The third kappa shape index (κ3) is 2.86. The highest BCUT2D eigenvalue weighted by molar-refractivity contribution is 7.80. The van der Waals surface area contributed by atoms with Crippen molar-refractivity contribution in [3.8, 4) is 0 Å². The third-order valence-electron chi connectivity index (χ3n) is 3.93. The van der Waals surface area contributed by atoms with E-state index in [9.17, 15) is 0 Å². The molecule has 3 heterocycles. The second-order valence-corrected chi connectivity index (χ2v) is 6.66. The Hall–Kier alpha value is -1.88. The highest BCUT2D eigenvalue weighted by atomic mass is 32.1. The van der Waals surface area contributed by atoms with Crippen molar-refractivity contribution >= 4 is 17.3 Å². The van der Waals surface area contributed by atoms with E-state index in [1.807, 2.05) is 18.3 Å². The van der Waals surface area contributed by atoms with Gasteiger partial charge >= 0.3 is 0 Å². The van der Waals surface area contributed by atoms with E-state index < -0.39 is 0 Å². The molecule has 22 heavy (non-hydrogen) atoms. The van der Waals surface area contributed by atoms with Gasteiger partial charge in [-0.15, -0.1) is 0 Å². The van der Waals surface area contributed by atoms with Gasteiger partial charge in [-0.2, -0.15) is 0 Å². The Labute approximate surface area is 136 Å². The van der Waals surface area contributed by atoms with E-state index >= 15 is 0 Å². The minimum absolute atomic E-state index is 0.0745. The molecule has 1 saturated heterocycles. The molecule has 2 atom stereocenters. The van der Waals surface area contributed by atoms with Crippen molar-refractivity contribution in [3.63, 3.8) is 0 Å². The molecule has 0 saturated carbocycles. The minimum Gasteiger partial charge on any atom is -0.361 e. The van der Waals surface area contributed by atoms with E-state index in [2.05, 4.69) is 59.2 Å². The number of H-pyrrole nitrogens is 1. The molecule has 1 aliphatic rings. The number of thiocarbonyl (C=S) groups is 1. The lowest BCUT2D eigenvalue weighted by atomic mass is 10.0. The second kappa shape index (κ2) is 6.08. The van der Waals surface area contributed by atoms with E-state index in [0.717, 1.165) is 23.0 Å². The first-order valence-corrected chi connectivity index (χ1v) is 8.10. The van der Waals surface area contributed by atoms with Crippen LogP contribution in [-0.2, 0) is 0 Å². The van der Waals surface area contributed by atoms with Gasteiger partial charge in [0.25, 0.3) is 0 Å². The van der Waals surface area contributed by atoms with Gasteiger partial charge in [-0.3, -0.25) is 4.98 Å². The number of hydrogen-bond acceptors (Lipinski definition) is 2. The first kappa shape index (κ1) is 15.0. The number of nitrogens with zero attached hydrogens (tertiary/aromatic N) is 2. The van der Waals surface area contributed by atoms with Gasteiger partial charge in [0.15, 0.2) is 5.11 Å². The molecule has 1 aliphatic heterocycles. The topological polar surface area (TPSA) is 44.0 Å². The van der Waals surface area contributed by atoms with Crippen molar-refractivity contribution in [2.24, 2.45) is 5.92 Å². The molecule has 116 valence electrons. The zero-order valence-electron chi connectivity index (χ0n) is 13.2. The highest BCUT2D eigenvalue weighted by Crippen LogP contribution is 2.38. The SMILES string of the molecule is Cc1ccc([C@@H]2[C@@H](c3ccccn3)NC(=S)N2CC(C)C)[nH]1. The molecule has 0 amide bonds. The van der Waals surface area contributed by atoms with Gasteiger partial charge in [0.1, 0.15) is 0 Å². The fourth-order valence-corrected chi connectivity index (χ4v) is 3.35. The lowest BCUT2D eigenvalue weighted by molar-refractivity contribution is 0.283. The van der Waals surface area contributed by atoms with Crippen LogP contribution in [-0.4, -0.2) is 26.5 Å². The summed E-state index contributed by atoms with van der Waals surface area (Å²) in [5, 5.41) is 4.27. The predicted molar refractivity (Wildman–Crippen MR) is 92.5 cm³/mol. The van der Waals surface area contributed by atoms with Gasteiger partial charge in [0.05, 0.1) is 17.8 Å². The summed E-state index contributed by atoms with van der Waals surface area (Å²) in [4.78, 5) is 10.3. The summed E-state index contributed by atoms with van der Waals surface area (Å²) in [6, 6.07) is 10.5. The Kier molecular flexibility index (Phi) is 4.16. The maximum absolute atomic E-state index is 5.59. The number of hydrogen-bond donors (Lipinski definition) is 2. The number of pyridine rings is 1. The molecule has 2 N–H and O–H groups in total. The Balaban J connectivity index is 2.00. The molecule has 5 heteroatoms. The van der Waals surface area contributed by atoms with Crippen LogP contribution in [0.15, 0.2) is 36.5 Å². The molecular weight excluding hydrogens is 292 g/mol. The predicted octanol–water partition coefficient (Wildman–Crippen LogP) is 3.35. The van der Waals surface area contributed by atoms with Gasteiger partial charge in [-0.1, -0.05) is 19.9 Å². The average molecular weight is 314 g/mol. The largest absolute Gasteiger partial charge is 0.361 e. The van der Waals surface area contributed by atoms with Crippen LogP contribution in [0.5, 0.6) is 0 Å². The second-order valence-electron chi connectivity index (χ2n) is 6.27. The molecule has 0 spiro atoms. The van der Waals surface area contributed by atoms with Crippen molar-refractivity contribution in [3.05, 3.63) is 53.6 Å². The van der Waals surface area contributed by atoms with Crippen molar-refractivity contribution < 1.29 is 0 Å². The fraction of sp³-hybridized carbons (Fsp3) is 0.412. The summed E-state index contributed by atoms with van der Waals surface area (Å²) in [6.45, 7) is 7.44. The zero-order valence-corrected chi connectivity index (χ0v) is 14.0. The summed E-state index contributed by atoms with van der Waals surface area (Å²) in [5.41, 5.74) is 3.37. The monoisotopic (exact) mass is 314 g/mol. The molecule has 2 aromatic heterocycles. The smallest absolute Gasteiger partial charge is 0.170 e. The molecule has 2 aromatic rings. The van der Waals surface area contributed by atoms with Crippen LogP contribution in [0.3, 0.4) is 0 Å². The molecule has 4 nitrogen and oxygen atoms in total. The quantitative estimate of drug-likeness (QED) is 0.850. The van der Waals surface area contributed by atoms with Crippen LogP contribution in [0, 0.1) is 12.8 Å². The molecule has 1 fully saturated rings. The van der Waals surface area contributed by atoms with Crippen molar-refractivity contribution in [2.45, 2.75) is 32.9 Å². The first-order valence-electron chi connectivity index (χ1n) is 7.70. The number of aromatic nitrogens is 2. The van der Waals surface area contributed by atoms with E-state index in [0.29, 0.717) is 5.92 Å². The van der Waals surface area contributed by atoms with Crippen LogP contribution < -0.4 is 5.32 Å². The average Bonchev–Trinajstić information content (AvgIpc) is 3.04. The van der Waals surface area contributed by atoms with Gasteiger partial charge in [-0.25, -0.2) is 0 Å². The number of nitrogens with one attached hydrogen (secondary N) is 2. The molecule has 0 aromatic carbocycles. The maximum atomic E-state index is 5.59. The summed E-state index contributed by atoms with van der Waals surface area (Å²) in [6.07, 6.45) is 1.84. The molecule has 0 aliphatic carbocycles. The molecule has 0 bridgehead atoms. The third-order valence-corrected chi connectivity index (χ3v) is 4.29. The summed E-state index contributed by atoms with van der Waals surface area (Å²) in [7, 11) is 0. The Morgan fingerprint density at radius 1 is 1.27 bits per heavy atom. The normalized spacial score (nSPS) is 21.5. The fourth-order valence-electron chi connectivity index (χ4n) is 3.03. The summed E-state index contributed by atoms with van der Waals surface area (Å²) < 4.78 is 0. The van der Waals surface area contributed by atoms with E-state index in [1.165, 1.54) is 5.69 Å². The van der Waals surface area contributed by atoms with Crippen molar-refractivity contribution in [1.82, 2.24) is 20.2 Å². The lowest BCUT2D eigenvalue weighted by Gasteiger charge is -2.28. The molecule has 3 rings (SSSR count).